The molecular formula is C18H28N2O. The lowest BCUT2D eigenvalue weighted by Crippen LogP contribution is -2.50. The van der Waals surface area contributed by atoms with Gasteiger partial charge < -0.3 is 11.1 Å². The molecule has 0 spiro atoms. The van der Waals surface area contributed by atoms with Crippen LogP contribution in [-0.2, 0) is 4.79 Å². The van der Waals surface area contributed by atoms with Gasteiger partial charge in [0.05, 0.1) is 5.92 Å². The van der Waals surface area contributed by atoms with E-state index in [4.69, 9.17) is 5.73 Å². The number of amides is 1. The quantitative estimate of drug-likeness (QED) is 0.819. The van der Waals surface area contributed by atoms with Gasteiger partial charge in [-0.2, -0.15) is 0 Å². The highest BCUT2D eigenvalue weighted by Crippen LogP contribution is 2.58. The minimum Gasteiger partial charge on any atom is -0.353 e. The molecule has 9 atom stereocenters. The molecule has 0 aromatic heterocycles. The van der Waals surface area contributed by atoms with Crippen molar-refractivity contribution < 1.29 is 4.79 Å². The van der Waals surface area contributed by atoms with Crippen molar-refractivity contribution in [1.29, 1.82) is 0 Å². The number of rotatable bonds is 2. The summed E-state index contributed by atoms with van der Waals surface area (Å²) in [4.78, 5) is 12.8. The number of carbonyl (C=O) groups excluding carboxylic acids is 1. The zero-order valence-corrected chi connectivity index (χ0v) is 12.8. The van der Waals surface area contributed by atoms with E-state index in [1.807, 2.05) is 0 Å². The lowest BCUT2D eigenvalue weighted by atomic mass is 9.78. The normalized spacial score (nSPS) is 56.9. The summed E-state index contributed by atoms with van der Waals surface area (Å²) >= 11 is 0. The van der Waals surface area contributed by atoms with E-state index in [9.17, 15) is 4.79 Å². The van der Waals surface area contributed by atoms with Gasteiger partial charge in [0.15, 0.2) is 0 Å². The van der Waals surface area contributed by atoms with Gasteiger partial charge in [-0.3, -0.25) is 4.79 Å². The smallest absolute Gasteiger partial charge is 0.225 e. The first kappa shape index (κ1) is 12.9. The van der Waals surface area contributed by atoms with E-state index in [0.29, 0.717) is 23.8 Å². The Morgan fingerprint density at radius 3 is 2.48 bits per heavy atom. The fourth-order valence-electron chi connectivity index (χ4n) is 7.24. The highest BCUT2D eigenvalue weighted by molar-refractivity contribution is 5.80. The minimum absolute atomic E-state index is 0.127. The minimum atomic E-state index is 0.127. The van der Waals surface area contributed by atoms with Crippen molar-refractivity contribution in [3.63, 3.8) is 0 Å². The van der Waals surface area contributed by atoms with Crippen LogP contribution in [0.15, 0.2) is 0 Å². The lowest BCUT2D eigenvalue weighted by Gasteiger charge is -2.34. The second-order valence-electron chi connectivity index (χ2n) is 8.71. The molecule has 5 aliphatic rings. The maximum absolute atomic E-state index is 12.8. The van der Waals surface area contributed by atoms with Crippen molar-refractivity contribution in [2.75, 3.05) is 0 Å². The average molecular weight is 288 g/mol. The summed E-state index contributed by atoms with van der Waals surface area (Å²) in [6.07, 6.45) is 10.7. The standard InChI is InChI=1S/C18H28N2O/c19-17-10-5-4-9(6-10)16(17)18(21)20-15-8-11-7-14(15)13-3-1-2-12(11)13/h9-17H,1-8,19H2,(H,20,21). The topological polar surface area (TPSA) is 55.1 Å². The first-order valence-electron chi connectivity index (χ1n) is 9.28. The summed E-state index contributed by atoms with van der Waals surface area (Å²) in [7, 11) is 0. The van der Waals surface area contributed by atoms with Gasteiger partial charge in [-0.05, 0) is 80.5 Å². The molecule has 4 bridgehead atoms. The second-order valence-corrected chi connectivity index (χ2v) is 8.71. The molecule has 1 amide bonds. The van der Waals surface area contributed by atoms with Crippen molar-refractivity contribution in [2.24, 2.45) is 47.2 Å². The van der Waals surface area contributed by atoms with Crippen molar-refractivity contribution in [3.8, 4) is 0 Å². The van der Waals surface area contributed by atoms with E-state index < -0.39 is 0 Å². The Morgan fingerprint density at radius 2 is 1.67 bits per heavy atom. The van der Waals surface area contributed by atoms with E-state index in [2.05, 4.69) is 5.32 Å². The van der Waals surface area contributed by atoms with Gasteiger partial charge >= 0.3 is 0 Å². The molecule has 0 aromatic carbocycles. The second kappa shape index (κ2) is 4.47. The Hall–Kier alpha value is -0.570. The molecule has 0 aromatic rings. The van der Waals surface area contributed by atoms with Gasteiger partial charge in [-0.1, -0.05) is 6.42 Å². The molecule has 5 rings (SSSR count). The SMILES string of the molecule is NC1C2CCC(C2)C1C(=O)NC1CC2CC1C1CCCC21. The largest absolute Gasteiger partial charge is 0.353 e. The Balaban J connectivity index is 1.28. The van der Waals surface area contributed by atoms with Crippen LogP contribution >= 0.6 is 0 Å². The van der Waals surface area contributed by atoms with Crippen molar-refractivity contribution in [2.45, 2.75) is 63.5 Å². The van der Waals surface area contributed by atoms with Crippen molar-refractivity contribution >= 4 is 5.91 Å². The third-order valence-electron chi connectivity index (χ3n) is 8.04. The Labute approximate surface area is 127 Å². The summed E-state index contributed by atoms with van der Waals surface area (Å²) in [5, 5.41) is 3.46. The highest BCUT2D eigenvalue weighted by atomic mass is 16.2. The fourth-order valence-corrected chi connectivity index (χ4v) is 7.24. The van der Waals surface area contributed by atoms with Gasteiger partial charge in [0.25, 0.3) is 0 Å². The van der Waals surface area contributed by atoms with E-state index in [-0.39, 0.29) is 12.0 Å². The third-order valence-corrected chi connectivity index (χ3v) is 8.04. The van der Waals surface area contributed by atoms with E-state index in [1.54, 1.807) is 0 Å². The molecule has 3 nitrogen and oxygen atoms in total. The monoisotopic (exact) mass is 288 g/mol. The molecule has 0 radical (unpaired) electrons. The van der Waals surface area contributed by atoms with Gasteiger partial charge in [0.1, 0.15) is 0 Å². The van der Waals surface area contributed by atoms with Crippen molar-refractivity contribution in [3.05, 3.63) is 0 Å². The predicted octanol–water partition coefficient (Wildman–Crippen LogP) is 2.30. The van der Waals surface area contributed by atoms with Gasteiger partial charge in [-0.25, -0.2) is 0 Å². The zero-order chi connectivity index (χ0) is 14.1. The molecule has 5 aliphatic carbocycles. The van der Waals surface area contributed by atoms with Crippen molar-refractivity contribution in [1.82, 2.24) is 5.32 Å². The van der Waals surface area contributed by atoms with E-state index >= 15 is 0 Å². The molecule has 5 saturated carbocycles. The summed E-state index contributed by atoms with van der Waals surface area (Å²) in [6.45, 7) is 0. The summed E-state index contributed by atoms with van der Waals surface area (Å²) in [5.41, 5.74) is 6.34. The maximum atomic E-state index is 12.8. The Bertz CT molecular complexity index is 462. The zero-order valence-electron chi connectivity index (χ0n) is 12.8. The van der Waals surface area contributed by atoms with Crippen LogP contribution in [0.5, 0.6) is 0 Å². The number of hydrogen-bond acceptors (Lipinski definition) is 2. The van der Waals surface area contributed by atoms with Crippen LogP contribution in [0.25, 0.3) is 0 Å². The first-order valence-corrected chi connectivity index (χ1v) is 9.28. The molecule has 0 heterocycles. The molecule has 0 saturated heterocycles. The summed E-state index contributed by atoms with van der Waals surface area (Å²) in [5.74, 6) is 5.30. The molecule has 3 N–H and O–H groups in total. The molecule has 0 aliphatic heterocycles. The van der Waals surface area contributed by atoms with Gasteiger partial charge in [-0.15, -0.1) is 0 Å². The van der Waals surface area contributed by atoms with Gasteiger partial charge in [0.2, 0.25) is 5.91 Å². The molecule has 21 heavy (non-hydrogen) atoms. The van der Waals surface area contributed by atoms with Crippen LogP contribution in [-0.4, -0.2) is 18.0 Å². The predicted molar refractivity (Wildman–Crippen MR) is 81.3 cm³/mol. The molecule has 9 unspecified atom stereocenters. The third kappa shape index (κ3) is 1.73. The molecular weight excluding hydrogens is 260 g/mol. The Morgan fingerprint density at radius 1 is 0.857 bits per heavy atom. The van der Waals surface area contributed by atoms with E-state index in [0.717, 1.165) is 23.7 Å². The number of hydrogen-bond donors (Lipinski definition) is 2. The maximum Gasteiger partial charge on any atom is 0.225 e. The van der Waals surface area contributed by atoms with E-state index in [1.165, 1.54) is 51.4 Å². The average Bonchev–Trinajstić information content (AvgIpc) is 3.23. The fraction of sp³-hybridized carbons (Fsp3) is 0.944. The summed E-state index contributed by atoms with van der Waals surface area (Å²) in [6, 6.07) is 0.620. The highest BCUT2D eigenvalue weighted by Gasteiger charge is 2.55. The number of carbonyl (C=O) groups is 1. The molecule has 116 valence electrons. The number of fused-ring (bicyclic) bond motifs is 7. The van der Waals surface area contributed by atoms with Crippen LogP contribution in [0.2, 0.25) is 0 Å². The van der Waals surface area contributed by atoms with Gasteiger partial charge in [0, 0.05) is 12.1 Å². The lowest BCUT2D eigenvalue weighted by molar-refractivity contribution is -0.128. The van der Waals surface area contributed by atoms with Crippen LogP contribution in [0.3, 0.4) is 0 Å². The van der Waals surface area contributed by atoms with Crippen LogP contribution in [0.1, 0.15) is 51.4 Å². The number of nitrogens with two attached hydrogens (primary N) is 1. The summed E-state index contributed by atoms with van der Waals surface area (Å²) < 4.78 is 0. The Kier molecular flexibility index (Phi) is 2.75. The van der Waals surface area contributed by atoms with Crippen LogP contribution < -0.4 is 11.1 Å². The molecule has 3 heteroatoms. The van der Waals surface area contributed by atoms with Crippen LogP contribution in [0.4, 0.5) is 0 Å². The number of nitrogens with one attached hydrogen (secondary N) is 1. The van der Waals surface area contributed by atoms with Crippen LogP contribution in [0, 0.1) is 41.4 Å². The molecule has 5 fully saturated rings. The first-order chi connectivity index (χ1) is 10.2.